The zero-order valence-electron chi connectivity index (χ0n) is 7.56. The molecule has 0 saturated carbocycles. The molecule has 68 valence electrons. The number of hydrogen-bond acceptors (Lipinski definition) is 3. The maximum atomic E-state index is 5.16. The molecule has 3 heteroatoms. The summed E-state index contributed by atoms with van der Waals surface area (Å²) in [5, 5.41) is 3.22. The van der Waals surface area contributed by atoms with E-state index < -0.39 is 0 Å². The Kier molecular flexibility index (Phi) is 9.77. The monoisotopic (exact) mass is 161 g/mol. The van der Waals surface area contributed by atoms with Crippen molar-refractivity contribution in [2.75, 3.05) is 33.1 Å². The summed E-state index contributed by atoms with van der Waals surface area (Å²) < 4.78 is 10.2. The van der Waals surface area contributed by atoms with Gasteiger partial charge in [0.25, 0.3) is 0 Å². The normalized spacial score (nSPS) is 10.4. The molecule has 1 N–H and O–H groups in total. The van der Waals surface area contributed by atoms with Crippen LogP contribution >= 0.6 is 0 Å². The van der Waals surface area contributed by atoms with Crippen LogP contribution in [0.1, 0.15) is 20.3 Å². The second-order valence-corrected chi connectivity index (χ2v) is 2.23. The van der Waals surface area contributed by atoms with E-state index in [1.807, 2.05) is 6.92 Å². The summed E-state index contributed by atoms with van der Waals surface area (Å²) in [6.07, 6.45) is 1.06. The average Bonchev–Trinajstić information content (AvgIpc) is 2.03. The summed E-state index contributed by atoms with van der Waals surface area (Å²) in [5.74, 6) is 0. The molecule has 0 amide bonds. The van der Waals surface area contributed by atoms with Crippen LogP contribution in [0.15, 0.2) is 0 Å². The molecule has 0 bridgehead atoms. The van der Waals surface area contributed by atoms with Crippen LogP contribution in [0, 0.1) is 0 Å². The summed E-state index contributed by atoms with van der Waals surface area (Å²) in [6.45, 7) is 8.07. The van der Waals surface area contributed by atoms with E-state index in [0.717, 1.165) is 32.7 Å². The molecule has 0 atom stereocenters. The van der Waals surface area contributed by atoms with E-state index in [1.165, 1.54) is 0 Å². The van der Waals surface area contributed by atoms with E-state index in [1.54, 1.807) is 0 Å². The van der Waals surface area contributed by atoms with Crippen LogP contribution < -0.4 is 5.32 Å². The van der Waals surface area contributed by atoms with Crippen molar-refractivity contribution in [3.63, 3.8) is 0 Å². The van der Waals surface area contributed by atoms with Crippen LogP contribution in [-0.4, -0.2) is 33.1 Å². The minimum Gasteiger partial charge on any atom is -0.356 e. The van der Waals surface area contributed by atoms with E-state index >= 15 is 0 Å². The van der Waals surface area contributed by atoms with Crippen molar-refractivity contribution in [2.45, 2.75) is 20.3 Å². The summed E-state index contributed by atoms with van der Waals surface area (Å²) in [5.41, 5.74) is 0. The van der Waals surface area contributed by atoms with Crippen molar-refractivity contribution in [3.05, 3.63) is 0 Å². The lowest BCUT2D eigenvalue weighted by atomic mass is 10.4. The van der Waals surface area contributed by atoms with Gasteiger partial charge < -0.3 is 14.8 Å². The van der Waals surface area contributed by atoms with Crippen LogP contribution in [0.2, 0.25) is 0 Å². The molecule has 3 nitrogen and oxygen atoms in total. The molecule has 0 aromatic carbocycles. The quantitative estimate of drug-likeness (QED) is 0.425. The molecule has 0 spiro atoms. The van der Waals surface area contributed by atoms with Gasteiger partial charge in [0.1, 0.15) is 6.79 Å². The van der Waals surface area contributed by atoms with Crippen LogP contribution in [0.4, 0.5) is 0 Å². The van der Waals surface area contributed by atoms with Crippen molar-refractivity contribution in [1.82, 2.24) is 5.32 Å². The van der Waals surface area contributed by atoms with Gasteiger partial charge in [-0.3, -0.25) is 0 Å². The standard InChI is InChI=1S/C8H19NO2/c1-3-9-6-5-7-11-8-10-4-2/h9H,3-8H2,1-2H3. The lowest BCUT2D eigenvalue weighted by Crippen LogP contribution is -2.16. The zero-order valence-corrected chi connectivity index (χ0v) is 7.56. The van der Waals surface area contributed by atoms with Crippen molar-refractivity contribution in [1.29, 1.82) is 0 Å². The van der Waals surface area contributed by atoms with Crippen molar-refractivity contribution in [3.8, 4) is 0 Å². The summed E-state index contributed by atoms with van der Waals surface area (Å²) >= 11 is 0. The van der Waals surface area contributed by atoms with Crippen LogP contribution in [-0.2, 0) is 9.47 Å². The van der Waals surface area contributed by atoms with E-state index in [9.17, 15) is 0 Å². The molecule has 0 aromatic rings. The van der Waals surface area contributed by atoms with E-state index in [4.69, 9.17) is 9.47 Å². The Morgan fingerprint density at radius 1 is 1.18 bits per heavy atom. The molecule has 0 aliphatic rings. The number of ether oxygens (including phenoxy) is 2. The highest BCUT2D eigenvalue weighted by Crippen LogP contribution is 1.81. The summed E-state index contributed by atoms with van der Waals surface area (Å²) in [7, 11) is 0. The first-order chi connectivity index (χ1) is 5.41. The third kappa shape index (κ3) is 9.88. The van der Waals surface area contributed by atoms with Crippen LogP contribution in [0.5, 0.6) is 0 Å². The fourth-order valence-corrected chi connectivity index (χ4v) is 0.677. The Hall–Kier alpha value is -0.120. The molecule has 0 saturated heterocycles. The third-order valence-corrected chi connectivity index (χ3v) is 1.26. The maximum Gasteiger partial charge on any atom is 0.146 e. The van der Waals surface area contributed by atoms with Gasteiger partial charge in [0, 0.05) is 6.61 Å². The topological polar surface area (TPSA) is 30.5 Å². The molecule has 0 aliphatic carbocycles. The lowest BCUT2D eigenvalue weighted by molar-refractivity contribution is -0.0496. The molecule has 0 fully saturated rings. The molecule has 0 radical (unpaired) electrons. The van der Waals surface area contributed by atoms with Gasteiger partial charge >= 0.3 is 0 Å². The Morgan fingerprint density at radius 2 is 2.00 bits per heavy atom. The van der Waals surface area contributed by atoms with E-state index in [-0.39, 0.29) is 0 Å². The van der Waals surface area contributed by atoms with E-state index in [2.05, 4.69) is 12.2 Å². The fourth-order valence-electron chi connectivity index (χ4n) is 0.677. The Bertz CT molecular complexity index is 61.1. The maximum absolute atomic E-state index is 5.16. The number of rotatable bonds is 8. The van der Waals surface area contributed by atoms with Gasteiger partial charge in [0.05, 0.1) is 6.61 Å². The van der Waals surface area contributed by atoms with Gasteiger partial charge in [-0.05, 0) is 26.4 Å². The number of nitrogens with one attached hydrogen (secondary N) is 1. The van der Waals surface area contributed by atoms with Gasteiger partial charge in [0.2, 0.25) is 0 Å². The molecule has 0 aromatic heterocycles. The molecular weight excluding hydrogens is 142 g/mol. The molecule has 0 rings (SSSR count). The molecule has 0 aliphatic heterocycles. The smallest absolute Gasteiger partial charge is 0.146 e. The highest BCUT2D eigenvalue weighted by Gasteiger charge is 1.86. The highest BCUT2D eigenvalue weighted by molar-refractivity contribution is 4.41. The predicted octanol–water partition coefficient (Wildman–Crippen LogP) is 0.997. The fraction of sp³-hybridized carbons (Fsp3) is 1.00. The van der Waals surface area contributed by atoms with Crippen LogP contribution in [0.3, 0.4) is 0 Å². The first kappa shape index (κ1) is 10.9. The first-order valence-electron chi connectivity index (χ1n) is 4.28. The van der Waals surface area contributed by atoms with Gasteiger partial charge in [-0.2, -0.15) is 0 Å². The summed E-state index contributed by atoms with van der Waals surface area (Å²) in [4.78, 5) is 0. The molecule has 0 heterocycles. The van der Waals surface area contributed by atoms with Crippen molar-refractivity contribution < 1.29 is 9.47 Å². The molecular formula is C8H19NO2. The predicted molar refractivity (Wildman–Crippen MR) is 45.6 cm³/mol. The largest absolute Gasteiger partial charge is 0.356 e. The minimum absolute atomic E-state index is 0.433. The van der Waals surface area contributed by atoms with Crippen molar-refractivity contribution in [2.24, 2.45) is 0 Å². The Morgan fingerprint density at radius 3 is 2.64 bits per heavy atom. The van der Waals surface area contributed by atoms with Crippen LogP contribution in [0.25, 0.3) is 0 Å². The minimum atomic E-state index is 0.433. The zero-order chi connectivity index (χ0) is 8.36. The molecule has 0 unspecified atom stereocenters. The first-order valence-corrected chi connectivity index (χ1v) is 4.28. The Balaban J connectivity index is 2.69. The lowest BCUT2D eigenvalue weighted by Gasteiger charge is -2.03. The van der Waals surface area contributed by atoms with Gasteiger partial charge in [0.15, 0.2) is 0 Å². The second kappa shape index (κ2) is 9.88. The summed E-state index contributed by atoms with van der Waals surface area (Å²) in [6, 6.07) is 0. The molecule has 11 heavy (non-hydrogen) atoms. The Labute approximate surface area is 69.1 Å². The highest BCUT2D eigenvalue weighted by atomic mass is 16.7. The third-order valence-electron chi connectivity index (χ3n) is 1.26. The van der Waals surface area contributed by atoms with Gasteiger partial charge in [-0.1, -0.05) is 6.92 Å². The SMILES string of the molecule is CCNCCCOCOCC. The average molecular weight is 161 g/mol. The second-order valence-electron chi connectivity index (χ2n) is 2.23. The number of hydrogen-bond donors (Lipinski definition) is 1. The van der Waals surface area contributed by atoms with E-state index in [0.29, 0.717) is 6.79 Å². The van der Waals surface area contributed by atoms with Gasteiger partial charge in [-0.25, -0.2) is 0 Å². The van der Waals surface area contributed by atoms with Crippen molar-refractivity contribution >= 4 is 0 Å². The van der Waals surface area contributed by atoms with Gasteiger partial charge in [-0.15, -0.1) is 0 Å².